The summed E-state index contributed by atoms with van der Waals surface area (Å²) in [5.41, 5.74) is 2.93. The van der Waals surface area contributed by atoms with Gasteiger partial charge in [-0.15, -0.1) is 0 Å². The monoisotopic (exact) mass is 332 g/mol. The number of fused-ring (bicyclic) bond motifs is 1. The Balaban J connectivity index is 1.39. The highest BCUT2D eigenvalue weighted by Gasteiger charge is 2.01. The molecule has 0 aliphatic carbocycles. The van der Waals surface area contributed by atoms with Crippen LogP contribution in [0.2, 0.25) is 0 Å². The molecule has 5 heteroatoms. The quantitative estimate of drug-likeness (QED) is 0.595. The van der Waals surface area contributed by atoms with Crippen LogP contribution in [0.5, 0.6) is 0 Å². The van der Waals surface area contributed by atoms with Gasteiger partial charge in [0.05, 0.1) is 11.2 Å². The van der Waals surface area contributed by atoms with Crippen LogP contribution in [0, 0.1) is 5.82 Å². The van der Waals surface area contributed by atoms with E-state index in [1.165, 1.54) is 17.7 Å². The number of hydrogen-bond donors (Lipinski definition) is 1. The van der Waals surface area contributed by atoms with Gasteiger partial charge in [0.25, 0.3) is 0 Å². The molecule has 0 unspecified atom stereocenters. The zero-order valence-corrected chi connectivity index (χ0v) is 13.6. The lowest BCUT2D eigenvalue weighted by atomic mass is 10.1. The molecular formula is C20H17FN4. The molecule has 4 rings (SSSR count). The Labute approximate surface area is 144 Å². The Morgan fingerprint density at radius 1 is 1.00 bits per heavy atom. The summed E-state index contributed by atoms with van der Waals surface area (Å²) in [7, 11) is 0. The van der Waals surface area contributed by atoms with Crippen LogP contribution < -0.4 is 5.32 Å². The fourth-order valence-electron chi connectivity index (χ4n) is 2.76. The summed E-state index contributed by atoms with van der Waals surface area (Å²) in [5, 5.41) is 8.45. The molecule has 4 nitrogen and oxygen atoms in total. The highest BCUT2D eigenvalue weighted by Crippen LogP contribution is 2.16. The van der Waals surface area contributed by atoms with E-state index in [4.69, 9.17) is 0 Å². The van der Waals surface area contributed by atoms with Gasteiger partial charge in [0, 0.05) is 30.4 Å². The van der Waals surface area contributed by atoms with Crippen molar-refractivity contribution in [2.24, 2.45) is 0 Å². The molecule has 2 aromatic carbocycles. The molecule has 0 amide bonds. The highest BCUT2D eigenvalue weighted by atomic mass is 19.1. The standard InChI is InChI=1S/C20H17FN4/c21-17-6-4-16-5-9-20(24-19(16)14-17)22-12-10-15-2-7-18(8-3-15)25-13-1-11-23-25/h1-9,11,13-14H,10,12H2,(H,22,24). The van der Waals surface area contributed by atoms with Gasteiger partial charge in [0.1, 0.15) is 11.6 Å². The molecule has 0 atom stereocenters. The highest BCUT2D eigenvalue weighted by molar-refractivity contribution is 5.80. The van der Waals surface area contributed by atoms with Crippen molar-refractivity contribution in [3.63, 3.8) is 0 Å². The van der Waals surface area contributed by atoms with Gasteiger partial charge in [0.15, 0.2) is 0 Å². The van der Waals surface area contributed by atoms with Crippen molar-refractivity contribution in [1.29, 1.82) is 0 Å². The van der Waals surface area contributed by atoms with Crippen LogP contribution >= 0.6 is 0 Å². The fourth-order valence-corrected chi connectivity index (χ4v) is 2.76. The van der Waals surface area contributed by atoms with Gasteiger partial charge in [0.2, 0.25) is 0 Å². The maximum atomic E-state index is 13.3. The molecule has 0 saturated heterocycles. The van der Waals surface area contributed by atoms with Crippen LogP contribution in [0.4, 0.5) is 10.2 Å². The van der Waals surface area contributed by atoms with Crippen LogP contribution in [0.15, 0.2) is 73.1 Å². The summed E-state index contributed by atoms with van der Waals surface area (Å²) in [6.45, 7) is 0.759. The summed E-state index contributed by atoms with van der Waals surface area (Å²) < 4.78 is 15.1. The van der Waals surface area contributed by atoms with Crippen molar-refractivity contribution in [3.05, 3.63) is 84.4 Å². The van der Waals surface area contributed by atoms with E-state index < -0.39 is 0 Å². The molecule has 0 bridgehead atoms. The van der Waals surface area contributed by atoms with Crippen molar-refractivity contribution in [3.8, 4) is 5.69 Å². The third-order valence-electron chi connectivity index (χ3n) is 4.08. The molecule has 1 N–H and O–H groups in total. The van der Waals surface area contributed by atoms with Gasteiger partial charge >= 0.3 is 0 Å². The van der Waals surface area contributed by atoms with Crippen molar-refractivity contribution in [1.82, 2.24) is 14.8 Å². The topological polar surface area (TPSA) is 42.7 Å². The number of hydrogen-bond acceptors (Lipinski definition) is 3. The molecular weight excluding hydrogens is 315 g/mol. The molecule has 124 valence electrons. The minimum absolute atomic E-state index is 0.269. The van der Waals surface area contributed by atoms with Crippen LogP contribution in [0.25, 0.3) is 16.6 Å². The average molecular weight is 332 g/mol. The summed E-state index contributed by atoms with van der Waals surface area (Å²) in [5.74, 6) is 0.487. The largest absolute Gasteiger partial charge is 0.370 e. The molecule has 0 fully saturated rings. The Bertz CT molecular complexity index is 978. The molecule has 2 heterocycles. The second kappa shape index (κ2) is 6.73. The van der Waals surface area contributed by atoms with Crippen LogP contribution in [0.1, 0.15) is 5.56 Å². The Kier molecular flexibility index (Phi) is 4.12. The summed E-state index contributed by atoms with van der Waals surface area (Å²) in [4.78, 5) is 4.45. The van der Waals surface area contributed by atoms with Gasteiger partial charge < -0.3 is 5.32 Å². The number of benzene rings is 2. The predicted octanol–water partition coefficient (Wildman–Crippen LogP) is 4.21. The van der Waals surface area contributed by atoms with E-state index >= 15 is 0 Å². The lowest BCUT2D eigenvalue weighted by Crippen LogP contribution is -2.06. The van der Waals surface area contributed by atoms with Crippen molar-refractivity contribution >= 4 is 16.7 Å². The lowest BCUT2D eigenvalue weighted by molar-refractivity contribution is 0.629. The maximum absolute atomic E-state index is 13.3. The Morgan fingerprint density at radius 3 is 2.64 bits per heavy atom. The number of nitrogens with zero attached hydrogens (tertiary/aromatic N) is 3. The first kappa shape index (κ1) is 15.3. The van der Waals surface area contributed by atoms with Gasteiger partial charge in [-0.1, -0.05) is 12.1 Å². The fraction of sp³-hybridized carbons (Fsp3) is 0.100. The number of anilines is 1. The molecule has 4 aromatic rings. The maximum Gasteiger partial charge on any atom is 0.126 e. The van der Waals surface area contributed by atoms with E-state index in [2.05, 4.69) is 39.7 Å². The summed E-state index contributed by atoms with van der Waals surface area (Å²) >= 11 is 0. The third-order valence-corrected chi connectivity index (χ3v) is 4.08. The van der Waals surface area contributed by atoms with Gasteiger partial charge in [-0.25, -0.2) is 14.1 Å². The lowest BCUT2D eigenvalue weighted by Gasteiger charge is -2.08. The zero-order chi connectivity index (χ0) is 17.1. The smallest absolute Gasteiger partial charge is 0.126 e. The van der Waals surface area contributed by atoms with E-state index in [1.54, 1.807) is 12.3 Å². The van der Waals surface area contributed by atoms with Gasteiger partial charge in [-0.2, -0.15) is 5.10 Å². The SMILES string of the molecule is Fc1ccc2ccc(NCCc3ccc(-n4cccn4)cc3)nc2c1. The Morgan fingerprint density at radius 2 is 1.84 bits per heavy atom. The number of aromatic nitrogens is 3. The van der Waals surface area contributed by atoms with Crippen LogP contribution in [-0.4, -0.2) is 21.3 Å². The molecule has 2 aromatic heterocycles. The average Bonchev–Trinajstić information content (AvgIpc) is 3.17. The second-order valence-electron chi connectivity index (χ2n) is 5.83. The number of rotatable bonds is 5. The molecule has 25 heavy (non-hydrogen) atoms. The van der Waals surface area contributed by atoms with Crippen molar-refractivity contribution in [2.75, 3.05) is 11.9 Å². The normalized spacial score (nSPS) is 10.9. The first-order chi connectivity index (χ1) is 12.3. The molecule has 0 radical (unpaired) electrons. The van der Waals surface area contributed by atoms with Gasteiger partial charge in [-0.05, 0) is 54.4 Å². The van der Waals surface area contributed by atoms with Crippen molar-refractivity contribution < 1.29 is 4.39 Å². The number of halogens is 1. The third kappa shape index (κ3) is 3.50. The molecule has 0 saturated carbocycles. The first-order valence-corrected chi connectivity index (χ1v) is 8.17. The van der Waals surface area contributed by atoms with E-state index in [0.29, 0.717) is 5.52 Å². The zero-order valence-electron chi connectivity index (χ0n) is 13.6. The number of nitrogens with one attached hydrogen (secondary N) is 1. The van der Waals surface area contributed by atoms with Crippen LogP contribution in [0.3, 0.4) is 0 Å². The number of pyridine rings is 1. The van der Waals surface area contributed by atoms with E-state index in [0.717, 1.165) is 29.9 Å². The van der Waals surface area contributed by atoms with E-state index in [9.17, 15) is 4.39 Å². The molecule has 0 aliphatic heterocycles. The predicted molar refractivity (Wildman–Crippen MR) is 97.5 cm³/mol. The van der Waals surface area contributed by atoms with E-state index in [-0.39, 0.29) is 5.82 Å². The van der Waals surface area contributed by atoms with Crippen LogP contribution in [-0.2, 0) is 6.42 Å². The first-order valence-electron chi connectivity index (χ1n) is 8.17. The van der Waals surface area contributed by atoms with Crippen molar-refractivity contribution in [2.45, 2.75) is 6.42 Å². The summed E-state index contributed by atoms with van der Waals surface area (Å²) in [6.07, 6.45) is 4.56. The Hall–Kier alpha value is -3.21. The minimum Gasteiger partial charge on any atom is -0.370 e. The minimum atomic E-state index is -0.269. The molecule has 0 spiro atoms. The molecule has 0 aliphatic rings. The summed E-state index contributed by atoms with van der Waals surface area (Å²) in [6, 6.07) is 18.7. The van der Waals surface area contributed by atoms with Gasteiger partial charge in [-0.3, -0.25) is 0 Å². The van der Waals surface area contributed by atoms with E-state index in [1.807, 2.05) is 29.1 Å². The second-order valence-corrected chi connectivity index (χ2v) is 5.83.